The van der Waals surface area contributed by atoms with E-state index in [1.807, 2.05) is 60.7 Å². The van der Waals surface area contributed by atoms with Gasteiger partial charge in [-0.2, -0.15) is 0 Å². The van der Waals surface area contributed by atoms with Gasteiger partial charge in [0.1, 0.15) is 35.8 Å². The standard InChI is InChI=1S/C33H31N3O8/c1-4-41-32(39)25-16-24(31(38)44-20-22-14-10-7-11-15-22)28(34-25)29-35(3)18-27-23(17-26(36(27)29)33(40)42-5-2)30(37)43-19-21-12-8-6-9-13-21/h6-18,37H,4-5,19-20H2,1-3H3/b29-28-,30-23+. The summed E-state index contributed by atoms with van der Waals surface area (Å²) >= 11 is 0. The summed E-state index contributed by atoms with van der Waals surface area (Å²) in [6.07, 6.45) is 2.95. The van der Waals surface area contributed by atoms with Crippen molar-refractivity contribution in [3.63, 3.8) is 0 Å². The lowest BCUT2D eigenvalue weighted by Gasteiger charge is -2.08. The van der Waals surface area contributed by atoms with Crippen LogP contribution in [0.4, 0.5) is 0 Å². The first-order chi connectivity index (χ1) is 21.3. The second-order valence-corrected chi connectivity index (χ2v) is 9.71. The van der Waals surface area contributed by atoms with Gasteiger partial charge in [0.25, 0.3) is 5.95 Å². The third kappa shape index (κ3) is 6.12. The van der Waals surface area contributed by atoms with Gasteiger partial charge in [-0.3, -0.25) is 4.40 Å². The van der Waals surface area contributed by atoms with Crippen LogP contribution in [0, 0.1) is 0 Å². The number of carbonyl (C=O) groups is 3. The monoisotopic (exact) mass is 597 g/mol. The Bertz CT molecular complexity index is 1900. The highest BCUT2D eigenvalue weighted by Crippen LogP contribution is 2.23. The van der Waals surface area contributed by atoms with Crippen LogP contribution < -0.4 is 10.7 Å². The number of aliphatic hydroxyl groups is 1. The van der Waals surface area contributed by atoms with Crippen LogP contribution in [0.5, 0.6) is 0 Å². The number of aryl methyl sites for hydroxylation is 1. The zero-order chi connectivity index (χ0) is 31.2. The van der Waals surface area contributed by atoms with Crippen LogP contribution in [-0.4, -0.2) is 50.9 Å². The van der Waals surface area contributed by atoms with Crippen LogP contribution in [-0.2, 0) is 48.8 Å². The quantitative estimate of drug-likeness (QED) is 0.218. The van der Waals surface area contributed by atoms with Gasteiger partial charge in [0, 0.05) is 13.2 Å². The number of imidazole rings is 1. The van der Waals surface area contributed by atoms with Crippen LogP contribution in [0.3, 0.4) is 0 Å². The summed E-state index contributed by atoms with van der Waals surface area (Å²) in [4.78, 5) is 43.8. The maximum absolute atomic E-state index is 13.4. The van der Waals surface area contributed by atoms with Gasteiger partial charge in [-0.05, 0) is 37.1 Å². The van der Waals surface area contributed by atoms with E-state index >= 15 is 0 Å². The van der Waals surface area contributed by atoms with E-state index in [9.17, 15) is 19.5 Å². The number of carbonyl (C=O) groups excluding carboxylic acids is 3. The SMILES string of the molecule is CCOC(=O)C1=N/C(=c2/n(C)cc3/c(=C(\O)OCc4ccccc4)cc(C(=O)OCC)n23)C(C(=O)OCc2ccccc2)=C1. The number of aliphatic hydroxyl groups excluding tert-OH is 1. The van der Waals surface area contributed by atoms with Gasteiger partial charge >= 0.3 is 17.9 Å². The lowest BCUT2D eigenvalue weighted by atomic mass is 10.2. The average molecular weight is 598 g/mol. The third-order valence-corrected chi connectivity index (χ3v) is 6.73. The first-order valence-corrected chi connectivity index (χ1v) is 14.0. The lowest BCUT2D eigenvalue weighted by Crippen LogP contribution is -2.26. The van der Waals surface area contributed by atoms with Crippen molar-refractivity contribution in [2.45, 2.75) is 27.1 Å². The molecule has 5 rings (SSSR count). The maximum atomic E-state index is 13.4. The van der Waals surface area contributed by atoms with Crippen molar-refractivity contribution in [2.75, 3.05) is 13.2 Å². The summed E-state index contributed by atoms with van der Waals surface area (Å²) in [5.74, 6) is -2.54. The van der Waals surface area contributed by atoms with E-state index in [0.29, 0.717) is 5.52 Å². The molecule has 1 N–H and O–H groups in total. The lowest BCUT2D eigenvalue weighted by molar-refractivity contribution is -0.139. The minimum Gasteiger partial charge on any atom is -0.480 e. The number of fused-ring (bicyclic) bond motifs is 1. The molecule has 2 aromatic heterocycles. The predicted molar refractivity (Wildman–Crippen MR) is 161 cm³/mol. The number of aliphatic imine (C=N–C) groups is 1. The van der Waals surface area contributed by atoms with E-state index in [1.165, 1.54) is 16.5 Å². The molecule has 1 aliphatic heterocycles. The second-order valence-electron chi connectivity index (χ2n) is 9.71. The summed E-state index contributed by atoms with van der Waals surface area (Å²) in [5.41, 5.74) is 2.24. The highest BCUT2D eigenvalue weighted by Gasteiger charge is 2.30. The Morgan fingerprint density at radius 1 is 0.795 bits per heavy atom. The van der Waals surface area contributed by atoms with Gasteiger partial charge < -0.3 is 28.6 Å². The first-order valence-electron chi connectivity index (χ1n) is 14.0. The molecule has 0 bridgehead atoms. The number of nitrogens with zero attached hydrogens (tertiary/aromatic N) is 3. The zero-order valence-corrected chi connectivity index (χ0v) is 24.5. The number of benzene rings is 2. The van der Waals surface area contributed by atoms with Crippen molar-refractivity contribution in [2.24, 2.45) is 12.0 Å². The second kappa shape index (κ2) is 13.2. The molecular weight excluding hydrogens is 566 g/mol. The molecule has 3 heterocycles. The Balaban J connectivity index is 1.68. The predicted octanol–water partition coefficient (Wildman–Crippen LogP) is 3.09. The van der Waals surface area contributed by atoms with Crippen molar-refractivity contribution < 1.29 is 38.4 Å². The molecule has 0 unspecified atom stereocenters. The molecule has 44 heavy (non-hydrogen) atoms. The fourth-order valence-electron chi connectivity index (χ4n) is 4.74. The molecule has 0 atom stereocenters. The molecule has 0 radical (unpaired) electrons. The smallest absolute Gasteiger partial charge is 0.356 e. The van der Waals surface area contributed by atoms with E-state index in [-0.39, 0.29) is 59.8 Å². The highest BCUT2D eigenvalue weighted by atomic mass is 16.6. The molecule has 4 aromatic rings. The third-order valence-electron chi connectivity index (χ3n) is 6.73. The van der Waals surface area contributed by atoms with Gasteiger partial charge in [0.15, 0.2) is 0 Å². The molecule has 0 saturated carbocycles. The van der Waals surface area contributed by atoms with Crippen molar-refractivity contribution in [1.82, 2.24) is 8.97 Å². The van der Waals surface area contributed by atoms with E-state index in [2.05, 4.69) is 4.99 Å². The van der Waals surface area contributed by atoms with Crippen molar-refractivity contribution in [1.29, 1.82) is 0 Å². The molecule has 2 aromatic carbocycles. The van der Waals surface area contributed by atoms with Crippen LogP contribution in [0.1, 0.15) is 35.5 Å². The normalized spacial score (nSPS) is 14.5. The first kappa shape index (κ1) is 29.9. The minimum absolute atomic E-state index is 0.00864. The molecule has 0 saturated heterocycles. The summed E-state index contributed by atoms with van der Waals surface area (Å²) in [6.45, 7) is 3.62. The Labute approximate surface area is 252 Å². The molecule has 226 valence electrons. The molecule has 0 amide bonds. The number of aromatic nitrogens is 2. The largest absolute Gasteiger partial charge is 0.480 e. The van der Waals surface area contributed by atoms with E-state index in [1.54, 1.807) is 31.7 Å². The Morgan fingerprint density at radius 3 is 2.00 bits per heavy atom. The fraction of sp³-hybridized carbons (Fsp3) is 0.212. The zero-order valence-electron chi connectivity index (χ0n) is 24.5. The summed E-state index contributed by atoms with van der Waals surface area (Å²) in [5, 5.41) is 11.2. The molecule has 1 aliphatic rings. The number of hydrogen-bond donors (Lipinski definition) is 1. The van der Waals surface area contributed by atoms with Gasteiger partial charge in [-0.1, -0.05) is 60.7 Å². The van der Waals surface area contributed by atoms with E-state index in [0.717, 1.165) is 11.1 Å². The number of hydrogen-bond acceptors (Lipinski definition) is 9. The van der Waals surface area contributed by atoms with Crippen molar-refractivity contribution >= 4 is 40.8 Å². The number of ether oxygens (including phenoxy) is 4. The summed E-state index contributed by atoms with van der Waals surface area (Å²) in [6, 6.07) is 19.9. The minimum atomic E-state index is -0.730. The van der Waals surface area contributed by atoms with Gasteiger partial charge in [0.05, 0.1) is 29.5 Å². The topological polar surface area (TPSA) is 130 Å². The summed E-state index contributed by atoms with van der Waals surface area (Å²) in [7, 11) is 1.68. The summed E-state index contributed by atoms with van der Waals surface area (Å²) < 4.78 is 24.8. The van der Waals surface area contributed by atoms with Gasteiger partial charge in [-0.15, -0.1) is 0 Å². The van der Waals surface area contributed by atoms with Crippen LogP contribution >= 0.6 is 0 Å². The molecule has 0 aliphatic carbocycles. The van der Waals surface area contributed by atoms with Crippen LogP contribution in [0.25, 0.3) is 17.2 Å². The average Bonchev–Trinajstić information content (AvgIpc) is 3.72. The molecular formula is C33H31N3O8. The fourth-order valence-corrected chi connectivity index (χ4v) is 4.74. The van der Waals surface area contributed by atoms with Gasteiger partial charge in [-0.25, -0.2) is 19.4 Å². The van der Waals surface area contributed by atoms with Crippen LogP contribution in [0.2, 0.25) is 0 Å². The molecule has 0 fully saturated rings. The van der Waals surface area contributed by atoms with Crippen molar-refractivity contribution in [3.05, 3.63) is 112 Å². The maximum Gasteiger partial charge on any atom is 0.356 e. The number of esters is 3. The molecule has 11 heteroatoms. The van der Waals surface area contributed by atoms with Gasteiger partial charge in [0.2, 0.25) is 0 Å². The molecule has 11 nitrogen and oxygen atoms in total. The Kier molecular flexibility index (Phi) is 8.94. The van der Waals surface area contributed by atoms with E-state index in [4.69, 9.17) is 18.9 Å². The highest BCUT2D eigenvalue weighted by molar-refractivity contribution is 6.45. The van der Waals surface area contributed by atoms with Crippen LogP contribution in [0.15, 0.2) is 89.6 Å². The molecule has 0 spiro atoms. The van der Waals surface area contributed by atoms with Crippen molar-refractivity contribution in [3.8, 4) is 0 Å². The Hall–Kier alpha value is -5.58. The van der Waals surface area contributed by atoms with E-state index < -0.39 is 23.9 Å². The Morgan fingerprint density at radius 2 is 1.39 bits per heavy atom. The number of rotatable bonds is 10.